The third kappa shape index (κ3) is 3.67. The minimum absolute atomic E-state index is 0. The predicted molar refractivity (Wildman–Crippen MR) is 65.7 cm³/mol. The molecule has 90 valence electrons. The maximum absolute atomic E-state index is 12.1. The second kappa shape index (κ2) is 6.87. The van der Waals surface area contributed by atoms with Crippen molar-refractivity contribution < 1.29 is 44.3 Å². The van der Waals surface area contributed by atoms with Crippen molar-refractivity contribution in [3.8, 4) is 0 Å². The van der Waals surface area contributed by atoms with E-state index in [0.29, 0.717) is 10.6 Å². The Labute approximate surface area is 137 Å². The Morgan fingerprint density at radius 2 is 1.42 bits per heavy atom. The molecule has 3 nitrogen and oxygen atoms in total. The smallest absolute Gasteiger partial charge is 0.545 e. The molecule has 0 N–H and O–H groups in total. The number of carbonyl (C=O) groups excluding carboxylic acids is 2. The van der Waals surface area contributed by atoms with E-state index in [1.165, 1.54) is 12.1 Å². The summed E-state index contributed by atoms with van der Waals surface area (Å²) in [7, 11) is 0. The maximum Gasteiger partial charge on any atom is 1.00 e. The molecule has 0 saturated heterocycles. The number of ketones is 1. The Morgan fingerprint density at radius 1 is 0.895 bits per heavy atom. The fourth-order valence-electron chi connectivity index (χ4n) is 1.62. The van der Waals surface area contributed by atoms with Crippen LogP contribution in [0.4, 0.5) is 0 Å². The van der Waals surface area contributed by atoms with Crippen LogP contribution in [0.25, 0.3) is 0 Å². The number of carboxylic acid groups (broad SMARTS) is 1. The molecular formula is C14H8ClNaO3. The molecule has 0 atom stereocenters. The normalized spacial score (nSPS) is 9.53. The molecule has 2 aromatic carbocycles. The first-order chi connectivity index (χ1) is 8.59. The molecule has 5 heteroatoms. The van der Waals surface area contributed by atoms with Crippen molar-refractivity contribution in [2.24, 2.45) is 0 Å². The minimum Gasteiger partial charge on any atom is -0.545 e. The van der Waals surface area contributed by atoms with Crippen molar-refractivity contribution in [1.82, 2.24) is 0 Å². The molecule has 0 radical (unpaired) electrons. The van der Waals surface area contributed by atoms with Crippen LogP contribution in [-0.2, 0) is 0 Å². The van der Waals surface area contributed by atoms with Gasteiger partial charge in [0.05, 0.1) is 5.97 Å². The van der Waals surface area contributed by atoms with Crippen LogP contribution in [0.3, 0.4) is 0 Å². The first kappa shape index (κ1) is 15.9. The van der Waals surface area contributed by atoms with Gasteiger partial charge in [-0.15, -0.1) is 0 Å². The molecule has 19 heavy (non-hydrogen) atoms. The van der Waals surface area contributed by atoms with Crippen LogP contribution in [0.5, 0.6) is 0 Å². The summed E-state index contributed by atoms with van der Waals surface area (Å²) in [4.78, 5) is 23.1. The van der Waals surface area contributed by atoms with E-state index in [1.807, 2.05) is 0 Å². The number of rotatable bonds is 3. The first-order valence-electron chi connectivity index (χ1n) is 5.20. The van der Waals surface area contributed by atoms with Crippen molar-refractivity contribution in [3.05, 3.63) is 70.2 Å². The molecule has 0 aromatic heterocycles. The molecule has 0 amide bonds. The van der Waals surface area contributed by atoms with Gasteiger partial charge < -0.3 is 9.90 Å². The molecule has 0 bridgehead atoms. The minimum atomic E-state index is -1.37. The average molecular weight is 283 g/mol. The van der Waals surface area contributed by atoms with Crippen LogP contribution in [0.2, 0.25) is 5.02 Å². The fourth-order valence-corrected chi connectivity index (χ4v) is 1.74. The topological polar surface area (TPSA) is 57.2 Å². The summed E-state index contributed by atoms with van der Waals surface area (Å²) >= 11 is 5.73. The van der Waals surface area contributed by atoms with E-state index >= 15 is 0 Å². The van der Waals surface area contributed by atoms with Gasteiger partial charge >= 0.3 is 29.6 Å². The Morgan fingerprint density at radius 3 is 1.95 bits per heavy atom. The molecular weight excluding hydrogens is 275 g/mol. The van der Waals surface area contributed by atoms with Crippen LogP contribution in [0.1, 0.15) is 26.3 Å². The molecule has 0 aliphatic rings. The number of benzene rings is 2. The number of aromatic carboxylic acids is 1. The van der Waals surface area contributed by atoms with Gasteiger partial charge in [0.15, 0.2) is 5.78 Å². The zero-order valence-electron chi connectivity index (χ0n) is 10.2. The van der Waals surface area contributed by atoms with E-state index in [4.69, 9.17) is 11.6 Å². The molecule has 0 saturated carbocycles. The van der Waals surface area contributed by atoms with E-state index in [0.717, 1.165) is 0 Å². The van der Waals surface area contributed by atoms with Crippen molar-refractivity contribution in [2.45, 2.75) is 0 Å². The van der Waals surface area contributed by atoms with Crippen molar-refractivity contribution in [3.63, 3.8) is 0 Å². The number of halogens is 1. The zero-order valence-corrected chi connectivity index (χ0v) is 13.0. The van der Waals surface area contributed by atoms with Crippen molar-refractivity contribution in [1.29, 1.82) is 0 Å². The molecule has 0 aliphatic carbocycles. The SMILES string of the molecule is O=C([O-])c1ccccc1C(=O)c1ccc(Cl)cc1.[Na+]. The summed E-state index contributed by atoms with van der Waals surface area (Å²) in [6.45, 7) is 0. The van der Waals surface area contributed by atoms with Crippen LogP contribution in [-0.4, -0.2) is 11.8 Å². The van der Waals surface area contributed by atoms with Crippen LogP contribution in [0.15, 0.2) is 48.5 Å². The monoisotopic (exact) mass is 282 g/mol. The van der Waals surface area contributed by atoms with Crippen LogP contribution < -0.4 is 34.7 Å². The maximum atomic E-state index is 12.1. The molecule has 0 aliphatic heterocycles. The van der Waals surface area contributed by atoms with E-state index in [2.05, 4.69) is 0 Å². The number of hydrogen-bond donors (Lipinski definition) is 0. The van der Waals surface area contributed by atoms with Crippen molar-refractivity contribution >= 4 is 23.4 Å². The number of hydrogen-bond acceptors (Lipinski definition) is 3. The summed E-state index contributed by atoms with van der Waals surface area (Å²) in [5.74, 6) is -1.74. The molecule has 2 aromatic rings. The molecule has 2 rings (SSSR count). The summed E-state index contributed by atoms with van der Waals surface area (Å²) in [6.07, 6.45) is 0. The van der Waals surface area contributed by atoms with Gasteiger partial charge in [-0.2, -0.15) is 0 Å². The quantitative estimate of drug-likeness (QED) is 0.533. The van der Waals surface area contributed by atoms with E-state index in [9.17, 15) is 14.7 Å². The second-order valence-electron chi connectivity index (χ2n) is 3.67. The van der Waals surface area contributed by atoms with Crippen molar-refractivity contribution in [2.75, 3.05) is 0 Å². The van der Waals surface area contributed by atoms with Gasteiger partial charge in [0.25, 0.3) is 0 Å². The van der Waals surface area contributed by atoms with Gasteiger partial charge in [0, 0.05) is 21.7 Å². The third-order valence-electron chi connectivity index (χ3n) is 2.50. The Kier molecular flexibility index (Phi) is 5.76. The van der Waals surface area contributed by atoms with Gasteiger partial charge in [-0.3, -0.25) is 4.79 Å². The summed E-state index contributed by atoms with van der Waals surface area (Å²) < 4.78 is 0. The molecule has 0 spiro atoms. The molecule has 0 heterocycles. The molecule has 0 unspecified atom stereocenters. The van der Waals surface area contributed by atoms with Crippen LogP contribution >= 0.6 is 11.6 Å². The summed E-state index contributed by atoms with van der Waals surface area (Å²) in [6, 6.07) is 12.2. The first-order valence-corrected chi connectivity index (χ1v) is 5.58. The Bertz CT molecular complexity index is 608. The fraction of sp³-hybridized carbons (Fsp3) is 0. The second-order valence-corrected chi connectivity index (χ2v) is 4.11. The Hall–Kier alpha value is -1.13. The number of carboxylic acids is 1. The van der Waals surface area contributed by atoms with Gasteiger partial charge in [0.1, 0.15) is 0 Å². The van der Waals surface area contributed by atoms with Gasteiger partial charge in [-0.25, -0.2) is 0 Å². The Balaban J connectivity index is 0.00000180. The standard InChI is InChI=1S/C14H9ClO3.Na/c15-10-7-5-9(6-8-10)13(16)11-3-1-2-4-12(11)14(17)18;/h1-8H,(H,17,18);/q;+1/p-1. The van der Waals surface area contributed by atoms with Crippen LogP contribution in [0, 0.1) is 0 Å². The summed E-state index contributed by atoms with van der Waals surface area (Å²) in [5, 5.41) is 11.4. The summed E-state index contributed by atoms with van der Waals surface area (Å²) in [5.41, 5.74) is 0.380. The largest absolute Gasteiger partial charge is 1.00 e. The average Bonchev–Trinajstić information content (AvgIpc) is 2.39. The molecule has 0 fully saturated rings. The number of carbonyl (C=O) groups is 2. The zero-order chi connectivity index (χ0) is 13.1. The van der Waals surface area contributed by atoms with Gasteiger partial charge in [-0.1, -0.05) is 35.9 Å². The van der Waals surface area contributed by atoms with E-state index < -0.39 is 5.97 Å². The van der Waals surface area contributed by atoms with E-state index in [1.54, 1.807) is 36.4 Å². The van der Waals surface area contributed by atoms with E-state index in [-0.39, 0.29) is 46.5 Å². The van der Waals surface area contributed by atoms with Gasteiger partial charge in [0.2, 0.25) is 0 Å². The predicted octanol–water partition coefficient (Wildman–Crippen LogP) is -1.06. The van der Waals surface area contributed by atoms with Gasteiger partial charge in [-0.05, 0) is 24.3 Å². The third-order valence-corrected chi connectivity index (χ3v) is 2.75.